The number of hydrogen-bond donors (Lipinski definition) is 3. The molecule has 6 atom stereocenters. The number of phosphoric acid groups is 2. The highest BCUT2D eigenvalue weighted by molar-refractivity contribution is 7.47. The maximum Gasteiger partial charge on any atom is 0.472 e. The van der Waals surface area contributed by atoms with Crippen molar-refractivity contribution >= 4 is 39.5 Å². The van der Waals surface area contributed by atoms with E-state index in [9.17, 15) is 43.2 Å². The first-order valence-corrected chi connectivity index (χ1v) is 42.9. The molecule has 0 fully saturated rings. The highest BCUT2D eigenvalue weighted by atomic mass is 31.2. The molecule has 0 aliphatic carbocycles. The average molecular weight is 1410 g/mol. The monoisotopic (exact) mass is 1410 g/mol. The Bertz CT molecular complexity index is 1870. The van der Waals surface area contributed by atoms with Crippen LogP contribution in [0.4, 0.5) is 0 Å². The quantitative estimate of drug-likeness (QED) is 0.0222. The molecule has 3 unspecified atom stereocenters. The minimum absolute atomic E-state index is 0.103. The lowest BCUT2D eigenvalue weighted by molar-refractivity contribution is -0.161. The van der Waals surface area contributed by atoms with Crippen LogP contribution in [-0.4, -0.2) is 96.7 Å². The van der Waals surface area contributed by atoms with Crippen LogP contribution in [0.2, 0.25) is 0 Å². The van der Waals surface area contributed by atoms with Gasteiger partial charge in [-0.25, -0.2) is 9.13 Å². The van der Waals surface area contributed by atoms with Crippen LogP contribution in [0.15, 0.2) is 0 Å². The number of aliphatic hydroxyl groups is 1. The van der Waals surface area contributed by atoms with Gasteiger partial charge in [0.25, 0.3) is 0 Å². The van der Waals surface area contributed by atoms with E-state index in [1.54, 1.807) is 0 Å². The Kier molecular flexibility index (Phi) is 66.2. The van der Waals surface area contributed by atoms with Gasteiger partial charge in [0.2, 0.25) is 0 Å². The maximum atomic E-state index is 13.1. The van der Waals surface area contributed by atoms with Gasteiger partial charge in [0.05, 0.1) is 26.4 Å². The molecule has 17 nitrogen and oxygen atoms in total. The fraction of sp³-hybridized carbons (Fsp3) is 0.948. The zero-order chi connectivity index (χ0) is 70.9. The first kappa shape index (κ1) is 94.1. The number of hydrogen-bond acceptors (Lipinski definition) is 15. The minimum atomic E-state index is -4.96. The van der Waals surface area contributed by atoms with Crippen molar-refractivity contribution in [2.45, 2.75) is 414 Å². The molecular formula is C77H150O17P2. The molecule has 19 heteroatoms. The van der Waals surface area contributed by atoms with Gasteiger partial charge in [0.1, 0.15) is 19.3 Å². The molecule has 0 aliphatic rings. The van der Waals surface area contributed by atoms with Gasteiger partial charge in [0, 0.05) is 25.7 Å². The molecule has 0 rings (SSSR count). The molecule has 0 amide bonds. The van der Waals surface area contributed by atoms with E-state index in [1.807, 2.05) is 0 Å². The molecule has 570 valence electrons. The average Bonchev–Trinajstić information content (AvgIpc) is 1.36. The minimum Gasteiger partial charge on any atom is -0.462 e. The number of esters is 4. The van der Waals surface area contributed by atoms with Crippen molar-refractivity contribution in [3.05, 3.63) is 0 Å². The highest BCUT2D eigenvalue weighted by Crippen LogP contribution is 2.45. The van der Waals surface area contributed by atoms with Crippen molar-refractivity contribution < 1.29 is 80.2 Å². The lowest BCUT2D eigenvalue weighted by Crippen LogP contribution is -2.30. The highest BCUT2D eigenvalue weighted by Gasteiger charge is 2.30. The van der Waals surface area contributed by atoms with Gasteiger partial charge in [0.15, 0.2) is 12.2 Å². The van der Waals surface area contributed by atoms with Crippen LogP contribution in [0, 0.1) is 17.8 Å². The summed E-state index contributed by atoms with van der Waals surface area (Å²) < 4.78 is 68.5. The first-order chi connectivity index (χ1) is 46.3. The fourth-order valence-electron chi connectivity index (χ4n) is 11.7. The molecule has 0 aromatic carbocycles. The van der Waals surface area contributed by atoms with Gasteiger partial charge in [-0.3, -0.25) is 37.3 Å². The van der Waals surface area contributed by atoms with E-state index in [0.717, 1.165) is 108 Å². The van der Waals surface area contributed by atoms with E-state index in [0.29, 0.717) is 25.7 Å². The standard InChI is InChI=1S/C77H150O17P2/c1-8-10-11-12-13-14-31-36-44-51-58-74(79)88-65-73(94-77(82)61-54-47-40-39-43-50-57-70(7)9-2)67-92-96(85,86)90-63-71(78)62-89-95(83,84)91-66-72(93-76(81)60-53-46-38-33-28-24-20-16-18-22-26-30-35-42-49-56-69(5)6)64-87-75(80)59-52-45-37-32-27-23-19-15-17-21-25-29-34-41-48-55-68(3)4/h68-73,78H,8-67H2,1-7H3,(H,83,84)(H,85,86)/t70?,71-,72-,73-/m1/s1. The van der Waals surface area contributed by atoms with Crippen molar-refractivity contribution in [1.29, 1.82) is 0 Å². The van der Waals surface area contributed by atoms with Gasteiger partial charge in [-0.05, 0) is 43.4 Å². The number of unbranched alkanes of at least 4 members (excludes halogenated alkanes) is 42. The Morgan fingerprint density at radius 3 is 0.792 bits per heavy atom. The smallest absolute Gasteiger partial charge is 0.462 e. The molecule has 0 bridgehead atoms. The second-order valence-electron chi connectivity index (χ2n) is 28.9. The zero-order valence-electron chi connectivity index (χ0n) is 62.8. The number of carbonyl (C=O) groups is 4. The Labute approximate surface area is 588 Å². The molecule has 0 aliphatic heterocycles. The summed E-state index contributed by atoms with van der Waals surface area (Å²) in [5.74, 6) is 0.210. The maximum absolute atomic E-state index is 13.1. The number of carbonyl (C=O) groups excluding carboxylic acids is 4. The largest absolute Gasteiger partial charge is 0.472 e. The third-order valence-corrected chi connectivity index (χ3v) is 20.1. The lowest BCUT2D eigenvalue weighted by atomic mass is 10.00. The molecule has 0 spiro atoms. The summed E-state index contributed by atoms with van der Waals surface area (Å²) in [6.07, 6.45) is 54.2. The van der Waals surface area contributed by atoms with Crippen molar-refractivity contribution in [3.8, 4) is 0 Å². The van der Waals surface area contributed by atoms with Gasteiger partial charge in [-0.1, -0.05) is 344 Å². The van der Waals surface area contributed by atoms with E-state index < -0.39 is 97.5 Å². The lowest BCUT2D eigenvalue weighted by Gasteiger charge is -2.21. The third kappa shape index (κ3) is 69.2. The Morgan fingerprint density at radius 2 is 0.531 bits per heavy atom. The van der Waals surface area contributed by atoms with E-state index >= 15 is 0 Å². The summed E-state index contributed by atoms with van der Waals surface area (Å²) >= 11 is 0. The Balaban J connectivity index is 5.22. The van der Waals surface area contributed by atoms with Gasteiger partial charge < -0.3 is 33.8 Å². The molecule has 0 aromatic rings. The number of ether oxygens (including phenoxy) is 4. The summed E-state index contributed by atoms with van der Waals surface area (Å²) in [6.45, 7) is 11.9. The van der Waals surface area contributed by atoms with Crippen LogP contribution in [0.3, 0.4) is 0 Å². The van der Waals surface area contributed by atoms with Crippen LogP contribution < -0.4 is 0 Å². The van der Waals surface area contributed by atoms with Gasteiger partial charge in [-0.15, -0.1) is 0 Å². The van der Waals surface area contributed by atoms with E-state index in [2.05, 4.69) is 48.5 Å². The topological polar surface area (TPSA) is 237 Å². The SMILES string of the molecule is CCCCCCCCCCCCC(=O)OC[C@H](COP(=O)(O)OC[C@H](O)COP(=O)(O)OC[C@@H](COC(=O)CCCCCCCCCCCCCCCCCC(C)C)OC(=O)CCCCCCCCCCCCCCCCCC(C)C)OC(=O)CCCCCCCCC(C)CC. The van der Waals surface area contributed by atoms with E-state index in [1.165, 1.54) is 205 Å². The van der Waals surface area contributed by atoms with Crippen molar-refractivity contribution in [1.82, 2.24) is 0 Å². The summed E-state index contributed by atoms with van der Waals surface area (Å²) in [6, 6.07) is 0. The summed E-state index contributed by atoms with van der Waals surface area (Å²) in [5, 5.41) is 10.6. The molecule has 3 N–H and O–H groups in total. The molecule has 0 saturated heterocycles. The summed E-state index contributed by atoms with van der Waals surface area (Å²) in [5.41, 5.74) is 0. The van der Waals surface area contributed by atoms with Crippen LogP contribution >= 0.6 is 15.6 Å². The van der Waals surface area contributed by atoms with E-state index in [4.69, 9.17) is 37.0 Å². The molecule has 0 saturated carbocycles. The fourth-order valence-corrected chi connectivity index (χ4v) is 13.3. The summed E-state index contributed by atoms with van der Waals surface area (Å²) in [7, 11) is -9.91. The molecule has 0 radical (unpaired) electrons. The predicted octanol–water partition coefficient (Wildman–Crippen LogP) is 22.6. The molecule has 0 aromatic heterocycles. The number of rotatable bonds is 75. The summed E-state index contributed by atoms with van der Waals surface area (Å²) in [4.78, 5) is 72.8. The zero-order valence-corrected chi connectivity index (χ0v) is 64.6. The van der Waals surface area contributed by atoms with Crippen molar-refractivity contribution in [3.63, 3.8) is 0 Å². The van der Waals surface area contributed by atoms with Crippen molar-refractivity contribution in [2.24, 2.45) is 17.8 Å². The Hall–Kier alpha value is -1.94. The van der Waals surface area contributed by atoms with Crippen LogP contribution in [0.1, 0.15) is 395 Å². The normalized spacial score (nSPS) is 14.3. The number of aliphatic hydroxyl groups excluding tert-OH is 1. The van der Waals surface area contributed by atoms with Crippen molar-refractivity contribution in [2.75, 3.05) is 39.6 Å². The van der Waals surface area contributed by atoms with Gasteiger partial charge >= 0.3 is 39.5 Å². The van der Waals surface area contributed by atoms with E-state index in [-0.39, 0.29) is 25.7 Å². The predicted molar refractivity (Wildman–Crippen MR) is 391 cm³/mol. The van der Waals surface area contributed by atoms with Crippen LogP contribution in [0.25, 0.3) is 0 Å². The number of phosphoric ester groups is 2. The molecule has 96 heavy (non-hydrogen) atoms. The van der Waals surface area contributed by atoms with Crippen LogP contribution in [0.5, 0.6) is 0 Å². The molecular weight excluding hydrogens is 1260 g/mol. The second kappa shape index (κ2) is 67.5. The van der Waals surface area contributed by atoms with Gasteiger partial charge in [-0.2, -0.15) is 0 Å². The molecule has 0 heterocycles. The second-order valence-corrected chi connectivity index (χ2v) is 31.8. The Morgan fingerprint density at radius 1 is 0.302 bits per heavy atom. The van der Waals surface area contributed by atoms with Crippen LogP contribution in [-0.2, 0) is 65.4 Å². The third-order valence-electron chi connectivity index (χ3n) is 18.2. The first-order valence-electron chi connectivity index (χ1n) is 39.9.